The second-order valence-electron chi connectivity index (χ2n) is 5.75. The molecule has 1 saturated heterocycles. The van der Waals surface area contributed by atoms with Gasteiger partial charge in [-0.15, -0.1) is 0 Å². The molecular weight excluding hydrogens is 284 g/mol. The van der Waals surface area contributed by atoms with Crippen LogP contribution in [-0.2, 0) is 16.6 Å². The number of rotatable bonds is 7. The average molecular weight is 310 g/mol. The Kier molecular flexibility index (Phi) is 5.79. The first kappa shape index (κ1) is 16.5. The van der Waals surface area contributed by atoms with E-state index in [0.717, 1.165) is 37.9 Å². The minimum atomic E-state index is -3.33. The zero-order valence-electron chi connectivity index (χ0n) is 13.0. The number of benzene rings is 1. The molecule has 1 heterocycles. The van der Waals surface area contributed by atoms with Gasteiger partial charge < -0.3 is 5.32 Å². The fraction of sp³-hybridized carbons (Fsp3) is 0.625. The zero-order chi connectivity index (χ0) is 15.3. The average Bonchev–Trinajstić information content (AvgIpc) is 2.97. The van der Waals surface area contributed by atoms with Gasteiger partial charge in [0.25, 0.3) is 0 Å². The second kappa shape index (κ2) is 7.38. The first-order valence-electron chi connectivity index (χ1n) is 7.87. The van der Waals surface area contributed by atoms with E-state index in [2.05, 4.69) is 19.2 Å². The molecule has 0 spiro atoms. The van der Waals surface area contributed by atoms with E-state index >= 15 is 0 Å². The van der Waals surface area contributed by atoms with Crippen LogP contribution in [0, 0.1) is 5.92 Å². The number of nitrogens with one attached hydrogen (secondary N) is 1. The van der Waals surface area contributed by atoms with Gasteiger partial charge in [0.05, 0.1) is 4.90 Å². The lowest BCUT2D eigenvalue weighted by Crippen LogP contribution is -2.29. The molecule has 0 radical (unpaired) electrons. The summed E-state index contributed by atoms with van der Waals surface area (Å²) >= 11 is 0. The van der Waals surface area contributed by atoms with Gasteiger partial charge in [-0.1, -0.05) is 32.4 Å². The summed E-state index contributed by atoms with van der Waals surface area (Å²) in [5.74, 6) is 0.508. The van der Waals surface area contributed by atoms with Crippen LogP contribution < -0.4 is 5.32 Å². The van der Waals surface area contributed by atoms with E-state index in [-0.39, 0.29) is 0 Å². The molecule has 1 N–H and O–H groups in total. The number of nitrogens with zero attached hydrogens (tertiary/aromatic N) is 1. The monoisotopic (exact) mass is 310 g/mol. The van der Waals surface area contributed by atoms with Crippen molar-refractivity contribution >= 4 is 10.0 Å². The van der Waals surface area contributed by atoms with Crippen molar-refractivity contribution in [2.45, 2.75) is 44.6 Å². The third kappa shape index (κ3) is 4.05. The standard InChI is InChI=1S/C16H26N2O2S/c1-3-9-17-12-15-6-5-7-16(11-15)21(19,20)18-10-8-14(4-2)13-18/h5-7,11,14,17H,3-4,8-10,12-13H2,1-2H3. The van der Waals surface area contributed by atoms with Crippen LogP contribution in [0.15, 0.2) is 29.2 Å². The number of hydrogen-bond donors (Lipinski definition) is 1. The maximum atomic E-state index is 12.7. The zero-order valence-corrected chi connectivity index (χ0v) is 13.8. The van der Waals surface area contributed by atoms with Crippen LogP contribution in [-0.4, -0.2) is 32.4 Å². The van der Waals surface area contributed by atoms with Crippen molar-refractivity contribution in [2.24, 2.45) is 5.92 Å². The summed E-state index contributed by atoms with van der Waals surface area (Å²) in [5, 5.41) is 3.31. The summed E-state index contributed by atoms with van der Waals surface area (Å²) in [6.07, 6.45) is 3.10. The van der Waals surface area contributed by atoms with E-state index in [1.165, 1.54) is 0 Å². The summed E-state index contributed by atoms with van der Waals surface area (Å²) in [6.45, 7) is 7.22. The Labute approximate surface area is 128 Å². The van der Waals surface area contributed by atoms with Gasteiger partial charge in [0.15, 0.2) is 0 Å². The lowest BCUT2D eigenvalue weighted by Gasteiger charge is -2.17. The van der Waals surface area contributed by atoms with Crippen LogP contribution in [0.4, 0.5) is 0 Å². The van der Waals surface area contributed by atoms with Gasteiger partial charge in [0.2, 0.25) is 10.0 Å². The van der Waals surface area contributed by atoms with Gasteiger partial charge >= 0.3 is 0 Å². The predicted octanol–water partition coefficient (Wildman–Crippen LogP) is 2.61. The molecule has 4 nitrogen and oxygen atoms in total. The molecule has 118 valence electrons. The number of hydrogen-bond acceptors (Lipinski definition) is 3. The Morgan fingerprint density at radius 3 is 2.81 bits per heavy atom. The highest BCUT2D eigenvalue weighted by Crippen LogP contribution is 2.26. The molecule has 1 aromatic carbocycles. The summed E-state index contributed by atoms with van der Waals surface area (Å²) in [5.41, 5.74) is 1.02. The van der Waals surface area contributed by atoms with Gasteiger partial charge in [0, 0.05) is 19.6 Å². The molecule has 0 amide bonds. The normalized spacial score (nSPS) is 20.0. The molecule has 0 bridgehead atoms. The van der Waals surface area contributed by atoms with Crippen molar-refractivity contribution in [1.82, 2.24) is 9.62 Å². The van der Waals surface area contributed by atoms with E-state index < -0.39 is 10.0 Å². The summed E-state index contributed by atoms with van der Waals surface area (Å²) in [6, 6.07) is 7.32. The summed E-state index contributed by atoms with van der Waals surface area (Å²) in [4.78, 5) is 0.426. The van der Waals surface area contributed by atoms with E-state index in [1.807, 2.05) is 12.1 Å². The summed E-state index contributed by atoms with van der Waals surface area (Å²) in [7, 11) is -3.33. The quantitative estimate of drug-likeness (QED) is 0.788. The molecule has 0 aliphatic carbocycles. The van der Waals surface area contributed by atoms with E-state index in [9.17, 15) is 8.42 Å². The van der Waals surface area contributed by atoms with E-state index in [1.54, 1.807) is 16.4 Å². The Hall–Kier alpha value is -0.910. The van der Waals surface area contributed by atoms with Crippen molar-refractivity contribution < 1.29 is 8.42 Å². The molecule has 0 saturated carbocycles. The first-order valence-corrected chi connectivity index (χ1v) is 9.31. The van der Waals surface area contributed by atoms with Gasteiger partial charge in [-0.25, -0.2) is 8.42 Å². The van der Waals surface area contributed by atoms with E-state index in [0.29, 0.717) is 23.9 Å². The highest BCUT2D eigenvalue weighted by Gasteiger charge is 2.31. The molecule has 0 aromatic heterocycles. The molecular formula is C16H26N2O2S. The molecule has 1 aliphatic rings. The van der Waals surface area contributed by atoms with Crippen LogP contribution >= 0.6 is 0 Å². The predicted molar refractivity (Wildman–Crippen MR) is 85.6 cm³/mol. The van der Waals surface area contributed by atoms with Crippen molar-refractivity contribution in [1.29, 1.82) is 0 Å². The molecule has 1 aliphatic heterocycles. The van der Waals surface area contributed by atoms with Gasteiger partial charge in [-0.2, -0.15) is 4.31 Å². The maximum Gasteiger partial charge on any atom is 0.243 e. The molecule has 21 heavy (non-hydrogen) atoms. The largest absolute Gasteiger partial charge is 0.313 e. The molecule has 1 unspecified atom stereocenters. The lowest BCUT2D eigenvalue weighted by atomic mass is 10.1. The van der Waals surface area contributed by atoms with Crippen molar-refractivity contribution in [2.75, 3.05) is 19.6 Å². The topological polar surface area (TPSA) is 49.4 Å². The molecule has 2 rings (SSSR count). The molecule has 1 atom stereocenters. The fourth-order valence-corrected chi connectivity index (χ4v) is 4.32. The highest BCUT2D eigenvalue weighted by atomic mass is 32.2. The Bertz CT molecular complexity index is 557. The fourth-order valence-electron chi connectivity index (χ4n) is 2.72. The smallest absolute Gasteiger partial charge is 0.243 e. The Morgan fingerprint density at radius 2 is 2.14 bits per heavy atom. The summed E-state index contributed by atoms with van der Waals surface area (Å²) < 4.78 is 27.0. The van der Waals surface area contributed by atoms with Crippen molar-refractivity contribution in [3.05, 3.63) is 29.8 Å². The number of sulfonamides is 1. The van der Waals surface area contributed by atoms with Crippen LogP contribution in [0.2, 0.25) is 0 Å². The van der Waals surface area contributed by atoms with Gasteiger partial charge in [-0.05, 0) is 43.0 Å². The third-order valence-corrected chi connectivity index (χ3v) is 5.98. The van der Waals surface area contributed by atoms with Gasteiger partial charge in [-0.3, -0.25) is 0 Å². The van der Waals surface area contributed by atoms with Crippen molar-refractivity contribution in [3.63, 3.8) is 0 Å². The lowest BCUT2D eigenvalue weighted by molar-refractivity contribution is 0.453. The SMILES string of the molecule is CCCNCc1cccc(S(=O)(=O)N2CCC(CC)C2)c1. The maximum absolute atomic E-state index is 12.7. The van der Waals surface area contributed by atoms with Gasteiger partial charge in [0.1, 0.15) is 0 Å². The molecule has 1 aromatic rings. The molecule has 5 heteroatoms. The van der Waals surface area contributed by atoms with Crippen LogP contribution in [0.1, 0.15) is 38.7 Å². The Balaban J connectivity index is 2.11. The first-order chi connectivity index (χ1) is 10.1. The minimum absolute atomic E-state index is 0.426. The van der Waals surface area contributed by atoms with Crippen LogP contribution in [0.25, 0.3) is 0 Å². The van der Waals surface area contributed by atoms with Crippen LogP contribution in [0.3, 0.4) is 0 Å². The highest BCUT2D eigenvalue weighted by molar-refractivity contribution is 7.89. The van der Waals surface area contributed by atoms with E-state index in [4.69, 9.17) is 0 Å². The van der Waals surface area contributed by atoms with Crippen molar-refractivity contribution in [3.8, 4) is 0 Å². The minimum Gasteiger partial charge on any atom is -0.313 e. The Morgan fingerprint density at radius 1 is 1.33 bits per heavy atom. The molecule has 1 fully saturated rings. The second-order valence-corrected chi connectivity index (χ2v) is 7.69. The third-order valence-electron chi connectivity index (χ3n) is 4.12. The van der Waals surface area contributed by atoms with Crippen LogP contribution in [0.5, 0.6) is 0 Å².